The molecule has 2 unspecified atom stereocenters. The van der Waals surface area contributed by atoms with Crippen molar-refractivity contribution in [3.05, 3.63) is 30.1 Å². The van der Waals surface area contributed by atoms with Crippen molar-refractivity contribution >= 4 is 11.6 Å². The molecule has 0 bridgehead atoms. The molecule has 1 saturated heterocycles. The van der Waals surface area contributed by atoms with E-state index in [1.54, 1.807) is 12.1 Å². The van der Waals surface area contributed by atoms with Crippen LogP contribution in [0.15, 0.2) is 24.3 Å². The highest BCUT2D eigenvalue weighted by atomic mass is 19.1. The third-order valence-corrected chi connectivity index (χ3v) is 3.14. The van der Waals surface area contributed by atoms with Crippen molar-refractivity contribution in [2.45, 2.75) is 25.8 Å². The zero-order valence-electron chi connectivity index (χ0n) is 9.87. The Hall–Kier alpha value is -1.42. The van der Waals surface area contributed by atoms with Crippen LogP contribution in [0.25, 0.3) is 0 Å². The SMILES string of the molecule is CC1CCCNC1C(=O)Nc1cccc(F)c1. The van der Waals surface area contributed by atoms with Gasteiger partial charge < -0.3 is 10.6 Å². The van der Waals surface area contributed by atoms with E-state index in [2.05, 4.69) is 17.6 Å². The first-order valence-corrected chi connectivity index (χ1v) is 5.96. The van der Waals surface area contributed by atoms with Gasteiger partial charge in [0.2, 0.25) is 5.91 Å². The smallest absolute Gasteiger partial charge is 0.241 e. The van der Waals surface area contributed by atoms with Crippen LogP contribution in [0.4, 0.5) is 10.1 Å². The van der Waals surface area contributed by atoms with Crippen molar-refractivity contribution in [3.63, 3.8) is 0 Å². The van der Waals surface area contributed by atoms with Crippen LogP contribution in [-0.4, -0.2) is 18.5 Å². The van der Waals surface area contributed by atoms with Crippen LogP contribution in [0.2, 0.25) is 0 Å². The number of carbonyl (C=O) groups excluding carboxylic acids is 1. The molecule has 2 atom stereocenters. The van der Waals surface area contributed by atoms with E-state index in [1.165, 1.54) is 12.1 Å². The topological polar surface area (TPSA) is 41.1 Å². The van der Waals surface area contributed by atoms with Crippen LogP contribution in [0.1, 0.15) is 19.8 Å². The molecule has 0 saturated carbocycles. The Kier molecular flexibility index (Phi) is 3.74. The Morgan fingerprint density at radius 3 is 3.06 bits per heavy atom. The number of benzene rings is 1. The van der Waals surface area contributed by atoms with Crippen LogP contribution in [0.5, 0.6) is 0 Å². The van der Waals surface area contributed by atoms with Gasteiger partial charge in [-0.05, 0) is 43.5 Å². The first-order valence-electron chi connectivity index (χ1n) is 5.96. The van der Waals surface area contributed by atoms with E-state index < -0.39 is 0 Å². The average Bonchev–Trinajstić information content (AvgIpc) is 2.29. The standard InChI is InChI=1S/C13H17FN2O/c1-9-4-3-7-15-12(9)13(17)16-11-6-2-5-10(14)8-11/h2,5-6,8-9,12,15H,3-4,7H2,1H3,(H,16,17). The lowest BCUT2D eigenvalue weighted by atomic mass is 9.92. The van der Waals surface area contributed by atoms with Crippen molar-refractivity contribution in [1.82, 2.24) is 5.32 Å². The van der Waals surface area contributed by atoms with Crippen LogP contribution < -0.4 is 10.6 Å². The van der Waals surface area contributed by atoms with Crippen molar-refractivity contribution in [2.24, 2.45) is 5.92 Å². The fourth-order valence-corrected chi connectivity index (χ4v) is 2.19. The number of halogens is 1. The normalized spacial score (nSPS) is 24.4. The Morgan fingerprint density at radius 2 is 2.35 bits per heavy atom. The molecule has 0 radical (unpaired) electrons. The van der Waals surface area contributed by atoms with Crippen LogP contribution in [0.3, 0.4) is 0 Å². The third-order valence-electron chi connectivity index (χ3n) is 3.14. The van der Waals surface area contributed by atoms with Crippen LogP contribution in [-0.2, 0) is 4.79 Å². The number of rotatable bonds is 2. The van der Waals surface area contributed by atoms with Gasteiger partial charge in [0, 0.05) is 5.69 Å². The molecule has 92 valence electrons. The van der Waals surface area contributed by atoms with Gasteiger partial charge in [0.15, 0.2) is 0 Å². The first kappa shape index (κ1) is 12.0. The summed E-state index contributed by atoms with van der Waals surface area (Å²) in [6, 6.07) is 5.78. The highest BCUT2D eigenvalue weighted by Crippen LogP contribution is 2.17. The third kappa shape index (κ3) is 3.03. The number of amides is 1. The van der Waals surface area contributed by atoms with E-state index in [0.717, 1.165) is 19.4 Å². The quantitative estimate of drug-likeness (QED) is 0.826. The number of carbonyl (C=O) groups is 1. The van der Waals surface area contributed by atoms with Gasteiger partial charge in [0.1, 0.15) is 5.82 Å². The predicted molar refractivity (Wildman–Crippen MR) is 65.2 cm³/mol. The molecule has 0 aromatic heterocycles. The maximum atomic E-state index is 13.0. The highest BCUT2D eigenvalue weighted by molar-refractivity contribution is 5.95. The zero-order chi connectivity index (χ0) is 12.3. The number of anilines is 1. The van der Waals surface area contributed by atoms with Gasteiger partial charge in [-0.1, -0.05) is 13.0 Å². The molecular formula is C13H17FN2O. The molecule has 2 N–H and O–H groups in total. The van der Waals surface area contributed by atoms with E-state index in [4.69, 9.17) is 0 Å². The summed E-state index contributed by atoms with van der Waals surface area (Å²) in [5.41, 5.74) is 0.509. The number of hydrogen-bond acceptors (Lipinski definition) is 2. The Morgan fingerprint density at radius 1 is 1.53 bits per heavy atom. The molecular weight excluding hydrogens is 219 g/mol. The lowest BCUT2D eigenvalue weighted by Gasteiger charge is -2.28. The van der Waals surface area contributed by atoms with E-state index in [0.29, 0.717) is 11.6 Å². The minimum atomic E-state index is -0.340. The van der Waals surface area contributed by atoms with Crippen molar-refractivity contribution in [1.29, 1.82) is 0 Å². The van der Waals surface area contributed by atoms with Gasteiger partial charge in [0.05, 0.1) is 6.04 Å². The molecule has 1 amide bonds. The Bertz CT molecular complexity index is 408. The lowest BCUT2D eigenvalue weighted by Crippen LogP contribution is -2.48. The summed E-state index contributed by atoms with van der Waals surface area (Å²) in [5, 5.41) is 5.94. The highest BCUT2D eigenvalue weighted by Gasteiger charge is 2.27. The van der Waals surface area contributed by atoms with E-state index in [9.17, 15) is 9.18 Å². The molecule has 17 heavy (non-hydrogen) atoms. The van der Waals surface area contributed by atoms with Gasteiger partial charge in [-0.25, -0.2) is 4.39 Å². The molecule has 4 heteroatoms. The molecule has 1 aromatic rings. The first-order chi connectivity index (χ1) is 8.16. The Labute approximate surface area is 100 Å². The molecule has 2 rings (SSSR count). The second-order valence-corrected chi connectivity index (χ2v) is 4.55. The second kappa shape index (κ2) is 5.27. The molecule has 3 nitrogen and oxygen atoms in total. The van der Waals surface area contributed by atoms with Crippen molar-refractivity contribution in [2.75, 3.05) is 11.9 Å². The van der Waals surface area contributed by atoms with Gasteiger partial charge in [-0.3, -0.25) is 4.79 Å². The summed E-state index contributed by atoms with van der Waals surface area (Å²) < 4.78 is 13.0. The summed E-state index contributed by atoms with van der Waals surface area (Å²) in [6.45, 7) is 2.92. The molecule has 1 heterocycles. The number of piperidine rings is 1. The monoisotopic (exact) mass is 236 g/mol. The lowest BCUT2D eigenvalue weighted by molar-refractivity contribution is -0.119. The summed E-state index contributed by atoms with van der Waals surface area (Å²) in [4.78, 5) is 12.0. The van der Waals surface area contributed by atoms with E-state index in [1.807, 2.05) is 0 Å². The zero-order valence-corrected chi connectivity index (χ0v) is 9.87. The minimum absolute atomic E-state index is 0.0807. The largest absolute Gasteiger partial charge is 0.325 e. The fourth-order valence-electron chi connectivity index (χ4n) is 2.19. The summed E-state index contributed by atoms with van der Waals surface area (Å²) in [6.07, 6.45) is 2.15. The van der Waals surface area contributed by atoms with Crippen LogP contribution in [0, 0.1) is 11.7 Å². The van der Waals surface area contributed by atoms with Gasteiger partial charge in [0.25, 0.3) is 0 Å². The Balaban J connectivity index is 2.01. The molecule has 1 aromatic carbocycles. The molecule has 0 aliphatic carbocycles. The van der Waals surface area contributed by atoms with Gasteiger partial charge in [-0.2, -0.15) is 0 Å². The average molecular weight is 236 g/mol. The predicted octanol–water partition coefficient (Wildman–Crippen LogP) is 2.15. The molecule has 1 aliphatic rings. The number of nitrogens with one attached hydrogen (secondary N) is 2. The van der Waals surface area contributed by atoms with Gasteiger partial charge >= 0.3 is 0 Å². The van der Waals surface area contributed by atoms with Crippen LogP contribution >= 0.6 is 0 Å². The molecule has 1 aliphatic heterocycles. The second-order valence-electron chi connectivity index (χ2n) is 4.55. The van der Waals surface area contributed by atoms with Crippen molar-refractivity contribution in [3.8, 4) is 0 Å². The maximum Gasteiger partial charge on any atom is 0.241 e. The fraction of sp³-hybridized carbons (Fsp3) is 0.462. The summed E-state index contributed by atoms with van der Waals surface area (Å²) >= 11 is 0. The summed E-state index contributed by atoms with van der Waals surface area (Å²) in [7, 11) is 0. The van der Waals surface area contributed by atoms with Crippen molar-refractivity contribution < 1.29 is 9.18 Å². The number of hydrogen-bond donors (Lipinski definition) is 2. The molecule has 0 spiro atoms. The minimum Gasteiger partial charge on any atom is -0.325 e. The van der Waals surface area contributed by atoms with E-state index in [-0.39, 0.29) is 17.8 Å². The van der Waals surface area contributed by atoms with Gasteiger partial charge in [-0.15, -0.1) is 0 Å². The summed E-state index contributed by atoms with van der Waals surface area (Å²) in [5.74, 6) is -0.104. The molecule has 1 fully saturated rings. The van der Waals surface area contributed by atoms with E-state index >= 15 is 0 Å². The maximum absolute atomic E-state index is 13.0.